The average molecular weight is 268 g/mol. The Balaban J connectivity index is 1.98. The van der Waals surface area contributed by atoms with Gasteiger partial charge in [0.1, 0.15) is 11.9 Å². The summed E-state index contributed by atoms with van der Waals surface area (Å²) >= 11 is 0. The molecule has 20 heavy (non-hydrogen) atoms. The summed E-state index contributed by atoms with van der Waals surface area (Å²) in [7, 11) is 0. The second-order valence-electron chi connectivity index (χ2n) is 4.77. The van der Waals surface area contributed by atoms with E-state index in [4.69, 9.17) is 4.74 Å². The third kappa shape index (κ3) is 2.25. The molecule has 102 valence electrons. The summed E-state index contributed by atoms with van der Waals surface area (Å²) in [4.78, 5) is 18.4. The maximum atomic E-state index is 12.7. The van der Waals surface area contributed by atoms with Crippen LogP contribution in [0.15, 0.2) is 48.8 Å². The second kappa shape index (κ2) is 5.33. The van der Waals surface area contributed by atoms with Crippen molar-refractivity contribution in [1.29, 1.82) is 0 Å². The van der Waals surface area contributed by atoms with Crippen molar-refractivity contribution in [2.24, 2.45) is 0 Å². The smallest absolute Gasteiger partial charge is 0.258 e. The minimum Gasteiger partial charge on any atom is -0.486 e. The molecular formula is C16H16N2O2. The molecule has 1 aliphatic heterocycles. The van der Waals surface area contributed by atoms with Crippen molar-refractivity contribution in [2.45, 2.75) is 19.4 Å². The molecule has 3 rings (SSSR count). The van der Waals surface area contributed by atoms with Crippen molar-refractivity contribution in [1.82, 2.24) is 4.98 Å². The topological polar surface area (TPSA) is 42.4 Å². The molecule has 1 aliphatic rings. The molecule has 0 saturated heterocycles. The van der Waals surface area contributed by atoms with E-state index >= 15 is 0 Å². The number of benzene rings is 1. The number of aromatic nitrogens is 1. The lowest BCUT2D eigenvalue weighted by molar-refractivity contribution is 0.0954. The van der Waals surface area contributed by atoms with Crippen LogP contribution in [0.25, 0.3) is 0 Å². The van der Waals surface area contributed by atoms with Crippen molar-refractivity contribution in [2.75, 3.05) is 11.4 Å². The lowest BCUT2D eigenvalue weighted by atomic mass is 10.1. The Morgan fingerprint density at radius 3 is 2.80 bits per heavy atom. The van der Waals surface area contributed by atoms with Crippen molar-refractivity contribution >= 4 is 11.6 Å². The molecule has 0 saturated carbocycles. The maximum Gasteiger partial charge on any atom is 0.258 e. The minimum absolute atomic E-state index is 0.0124. The van der Waals surface area contributed by atoms with E-state index in [0.717, 1.165) is 17.9 Å². The van der Waals surface area contributed by atoms with Crippen LogP contribution in [0.2, 0.25) is 0 Å². The number of para-hydroxylation sites is 2. The fourth-order valence-electron chi connectivity index (χ4n) is 2.35. The second-order valence-corrected chi connectivity index (χ2v) is 4.77. The first-order valence-electron chi connectivity index (χ1n) is 6.77. The molecule has 0 spiro atoms. The van der Waals surface area contributed by atoms with E-state index in [1.807, 2.05) is 24.3 Å². The van der Waals surface area contributed by atoms with Crippen LogP contribution < -0.4 is 9.64 Å². The normalized spacial score (nSPS) is 17.2. The van der Waals surface area contributed by atoms with E-state index in [2.05, 4.69) is 11.9 Å². The lowest BCUT2D eigenvalue weighted by Crippen LogP contribution is -2.43. The van der Waals surface area contributed by atoms with Gasteiger partial charge < -0.3 is 9.64 Å². The quantitative estimate of drug-likeness (QED) is 0.841. The summed E-state index contributed by atoms with van der Waals surface area (Å²) in [5.74, 6) is 0.759. The molecule has 1 aromatic carbocycles. The van der Waals surface area contributed by atoms with Gasteiger partial charge in [-0.3, -0.25) is 9.78 Å². The highest BCUT2D eigenvalue weighted by Gasteiger charge is 2.29. The summed E-state index contributed by atoms with van der Waals surface area (Å²) in [6.07, 6.45) is 4.18. The number of carbonyl (C=O) groups is 1. The number of ether oxygens (including phenoxy) is 1. The maximum absolute atomic E-state index is 12.7. The molecule has 1 amide bonds. The third-order valence-corrected chi connectivity index (χ3v) is 3.46. The number of rotatable bonds is 2. The van der Waals surface area contributed by atoms with Gasteiger partial charge in [-0.15, -0.1) is 0 Å². The van der Waals surface area contributed by atoms with E-state index in [-0.39, 0.29) is 12.0 Å². The molecule has 0 radical (unpaired) electrons. The van der Waals surface area contributed by atoms with Crippen LogP contribution in [0, 0.1) is 0 Å². The molecular weight excluding hydrogens is 252 g/mol. The third-order valence-electron chi connectivity index (χ3n) is 3.46. The first-order chi connectivity index (χ1) is 9.79. The van der Waals surface area contributed by atoms with Crippen molar-refractivity contribution < 1.29 is 9.53 Å². The summed E-state index contributed by atoms with van der Waals surface area (Å²) in [5.41, 5.74) is 1.48. The van der Waals surface area contributed by atoms with Crippen LogP contribution in [0.4, 0.5) is 5.69 Å². The highest BCUT2D eigenvalue weighted by molar-refractivity contribution is 6.07. The fourth-order valence-corrected chi connectivity index (χ4v) is 2.35. The number of amides is 1. The number of fused-ring (bicyclic) bond motifs is 1. The predicted octanol–water partition coefficient (Wildman–Crippen LogP) is 2.90. The van der Waals surface area contributed by atoms with Crippen molar-refractivity contribution in [3.8, 4) is 5.75 Å². The number of hydrogen-bond donors (Lipinski definition) is 0. The molecule has 4 heteroatoms. The van der Waals surface area contributed by atoms with Gasteiger partial charge in [0, 0.05) is 18.0 Å². The SMILES string of the molecule is CCC1CN(C(=O)c2ccncc2)c2ccccc2O1. The van der Waals surface area contributed by atoms with Gasteiger partial charge in [0.2, 0.25) is 0 Å². The van der Waals surface area contributed by atoms with Gasteiger partial charge in [-0.2, -0.15) is 0 Å². The summed E-state index contributed by atoms with van der Waals surface area (Å²) < 4.78 is 5.89. The Kier molecular flexibility index (Phi) is 3.37. The molecule has 2 aromatic rings. The first kappa shape index (κ1) is 12.7. The van der Waals surface area contributed by atoms with E-state index in [1.165, 1.54) is 0 Å². The number of hydrogen-bond acceptors (Lipinski definition) is 3. The fraction of sp³-hybridized carbons (Fsp3) is 0.250. The molecule has 1 unspecified atom stereocenters. The summed E-state index contributed by atoms with van der Waals surface area (Å²) in [5, 5.41) is 0. The predicted molar refractivity (Wildman–Crippen MR) is 77.1 cm³/mol. The Morgan fingerprint density at radius 2 is 2.05 bits per heavy atom. The number of anilines is 1. The van der Waals surface area contributed by atoms with E-state index < -0.39 is 0 Å². The Bertz CT molecular complexity index is 613. The highest BCUT2D eigenvalue weighted by Crippen LogP contribution is 2.34. The first-order valence-corrected chi connectivity index (χ1v) is 6.77. The van der Waals surface area contributed by atoms with Gasteiger partial charge >= 0.3 is 0 Å². The van der Waals surface area contributed by atoms with E-state index in [9.17, 15) is 4.79 Å². The number of pyridine rings is 1. The molecule has 1 atom stereocenters. The van der Waals surface area contributed by atoms with Crippen LogP contribution in [0.1, 0.15) is 23.7 Å². The molecule has 1 aromatic heterocycles. The summed E-state index contributed by atoms with van der Waals surface area (Å²) in [6.45, 7) is 2.64. The van der Waals surface area contributed by atoms with Gasteiger partial charge in [-0.1, -0.05) is 19.1 Å². The van der Waals surface area contributed by atoms with Gasteiger partial charge in [-0.25, -0.2) is 0 Å². The van der Waals surface area contributed by atoms with Crippen molar-refractivity contribution in [3.63, 3.8) is 0 Å². The van der Waals surface area contributed by atoms with Crippen LogP contribution in [0.5, 0.6) is 5.75 Å². The Morgan fingerprint density at radius 1 is 1.30 bits per heavy atom. The highest BCUT2D eigenvalue weighted by atomic mass is 16.5. The number of carbonyl (C=O) groups excluding carboxylic acids is 1. The van der Waals surface area contributed by atoms with Crippen LogP contribution >= 0.6 is 0 Å². The zero-order valence-corrected chi connectivity index (χ0v) is 11.3. The zero-order valence-electron chi connectivity index (χ0n) is 11.3. The van der Waals surface area contributed by atoms with Crippen LogP contribution in [0.3, 0.4) is 0 Å². The van der Waals surface area contributed by atoms with Crippen molar-refractivity contribution in [3.05, 3.63) is 54.4 Å². The van der Waals surface area contributed by atoms with Crippen LogP contribution in [-0.2, 0) is 0 Å². The van der Waals surface area contributed by atoms with E-state index in [1.54, 1.807) is 29.4 Å². The molecule has 0 aliphatic carbocycles. The summed E-state index contributed by atoms with van der Waals surface area (Å²) in [6, 6.07) is 11.1. The molecule has 0 N–H and O–H groups in total. The van der Waals surface area contributed by atoms with Gasteiger partial charge in [-0.05, 0) is 30.7 Å². The molecule has 0 fully saturated rings. The zero-order chi connectivity index (χ0) is 13.9. The van der Waals surface area contributed by atoms with Crippen LogP contribution in [-0.4, -0.2) is 23.5 Å². The van der Waals surface area contributed by atoms with E-state index in [0.29, 0.717) is 12.1 Å². The minimum atomic E-state index is -0.0124. The molecule has 2 heterocycles. The lowest BCUT2D eigenvalue weighted by Gasteiger charge is -2.34. The largest absolute Gasteiger partial charge is 0.486 e. The van der Waals surface area contributed by atoms with Gasteiger partial charge in [0.05, 0.1) is 12.2 Å². The molecule has 0 bridgehead atoms. The Labute approximate surface area is 118 Å². The van der Waals surface area contributed by atoms with Gasteiger partial charge in [0.25, 0.3) is 5.91 Å². The molecule has 4 nitrogen and oxygen atoms in total. The average Bonchev–Trinajstić information content (AvgIpc) is 2.54. The van der Waals surface area contributed by atoms with Gasteiger partial charge in [0.15, 0.2) is 0 Å². The Hall–Kier alpha value is -2.36. The monoisotopic (exact) mass is 268 g/mol. The number of nitrogens with zero attached hydrogens (tertiary/aromatic N) is 2. The standard InChI is InChI=1S/C16H16N2O2/c1-2-13-11-18(14-5-3-4-6-15(14)20-13)16(19)12-7-9-17-10-8-12/h3-10,13H,2,11H2,1H3.